The lowest BCUT2D eigenvalue weighted by atomic mass is 10.1. The summed E-state index contributed by atoms with van der Waals surface area (Å²) in [5, 5.41) is 2.41. The van der Waals surface area contributed by atoms with Gasteiger partial charge in [0.15, 0.2) is 0 Å². The van der Waals surface area contributed by atoms with Gasteiger partial charge in [0, 0.05) is 37.9 Å². The zero-order chi connectivity index (χ0) is 19.3. The summed E-state index contributed by atoms with van der Waals surface area (Å²) in [6, 6.07) is 16.6. The molecule has 1 aromatic heterocycles. The molecule has 1 saturated heterocycles. The Morgan fingerprint density at radius 1 is 1.04 bits per heavy atom. The van der Waals surface area contributed by atoms with Crippen molar-refractivity contribution >= 4 is 22.8 Å². The van der Waals surface area contributed by atoms with Crippen molar-refractivity contribution in [3.8, 4) is 11.3 Å². The van der Waals surface area contributed by atoms with E-state index < -0.39 is 0 Å². The number of benzene rings is 2. The highest BCUT2D eigenvalue weighted by atomic mass is 16.6. The van der Waals surface area contributed by atoms with Crippen LogP contribution in [0.25, 0.3) is 22.0 Å². The summed E-state index contributed by atoms with van der Waals surface area (Å²) in [5.74, 6) is 0.705. The Kier molecular flexibility index (Phi) is 5.37. The van der Waals surface area contributed by atoms with Gasteiger partial charge in [0.2, 0.25) is 5.95 Å². The number of carbonyl (C=O) groups is 1. The molecule has 1 aliphatic rings. The van der Waals surface area contributed by atoms with Gasteiger partial charge in [-0.2, -0.15) is 0 Å². The number of nitrogens with zero attached hydrogens (tertiary/aromatic N) is 4. The second-order valence-electron chi connectivity index (χ2n) is 6.83. The first-order valence-electron chi connectivity index (χ1n) is 9.73. The monoisotopic (exact) mass is 376 g/mol. The number of carbonyl (C=O) groups excluding carboxylic acids is 1. The molecule has 0 N–H and O–H groups in total. The minimum atomic E-state index is -0.241. The van der Waals surface area contributed by atoms with E-state index in [1.807, 2.05) is 25.1 Å². The molecule has 0 aliphatic carbocycles. The van der Waals surface area contributed by atoms with Crippen LogP contribution in [0.15, 0.2) is 54.7 Å². The Balaban J connectivity index is 1.54. The first-order valence-corrected chi connectivity index (χ1v) is 9.73. The minimum Gasteiger partial charge on any atom is -0.450 e. The number of aromatic nitrogens is 2. The summed E-state index contributed by atoms with van der Waals surface area (Å²) >= 11 is 0. The SMILES string of the molecule is CCOC(=O)N1CCCN(c2nccc(-c3ccc4ccccc4c3)n2)CC1. The topological polar surface area (TPSA) is 58.6 Å². The molecule has 1 aliphatic heterocycles. The maximum Gasteiger partial charge on any atom is 0.409 e. The lowest BCUT2D eigenvalue weighted by Gasteiger charge is -2.21. The van der Waals surface area contributed by atoms with E-state index >= 15 is 0 Å². The molecule has 0 saturated carbocycles. The average Bonchev–Trinajstić information content (AvgIpc) is 3.00. The van der Waals surface area contributed by atoms with E-state index in [1.165, 1.54) is 10.8 Å². The Labute approximate surface area is 164 Å². The van der Waals surface area contributed by atoms with Crippen LogP contribution in [0.1, 0.15) is 13.3 Å². The van der Waals surface area contributed by atoms with Gasteiger partial charge < -0.3 is 14.5 Å². The van der Waals surface area contributed by atoms with E-state index in [4.69, 9.17) is 9.72 Å². The quantitative estimate of drug-likeness (QED) is 0.692. The van der Waals surface area contributed by atoms with Crippen molar-refractivity contribution in [2.24, 2.45) is 0 Å². The van der Waals surface area contributed by atoms with Crippen LogP contribution in [-0.2, 0) is 4.74 Å². The zero-order valence-corrected chi connectivity index (χ0v) is 16.0. The van der Waals surface area contributed by atoms with Gasteiger partial charge in [-0.05, 0) is 36.2 Å². The second-order valence-corrected chi connectivity index (χ2v) is 6.83. The number of ether oxygens (including phenoxy) is 1. The molecule has 6 nitrogen and oxygen atoms in total. The Bertz CT molecular complexity index is 975. The molecule has 2 heterocycles. The van der Waals surface area contributed by atoms with Crippen molar-refractivity contribution < 1.29 is 9.53 Å². The van der Waals surface area contributed by atoms with Crippen LogP contribution < -0.4 is 4.90 Å². The van der Waals surface area contributed by atoms with Crippen molar-refractivity contribution in [2.75, 3.05) is 37.7 Å². The maximum atomic E-state index is 12.0. The Morgan fingerprint density at radius 2 is 1.89 bits per heavy atom. The molecule has 1 amide bonds. The molecule has 2 aromatic carbocycles. The summed E-state index contributed by atoms with van der Waals surface area (Å²) in [7, 11) is 0. The van der Waals surface area contributed by atoms with E-state index in [1.54, 1.807) is 11.1 Å². The van der Waals surface area contributed by atoms with E-state index in [-0.39, 0.29) is 6.09 Å². The van der Waals surface area contributed by atoms with Gasteiger partial charge in [-0.3, -0.25) is 0 Å². The summed E-state index contributed by atoms with van der Waals surface area (Å²) in [4.78, 5) is 25.2. The van der Waals surface area contributed by atoms with Crippen LogP contribution in [0.2, 0.25) is 0 Å². The van der Waals surface area contributed by atoms with Crippen LogP contribution >= 0.6 is 0 Å². The van der Waals surface area contributed by atoms with Crippen molar-refractivity contribution in [3.05, 3.63) is 54.7 Å². The second kappa shape index (κ2) is 8.25. The third kappa shape index (κ3) is 3.91. The third-order valence-corrected chi connectivity index (χ3v) is 4.99. The largest absolute Gasteiger partial charge is 0.450 e. The van der Waals surface area contributed by atoms with Crippen molar-refractivity contribution in [1.29, 1.82) is 0 Å². The number of hydrogen-bond donors (Lipinski definition) is 0. The first-order chi connectivity index (χ1) is 13.7. The third-order valence-electron chi connectivity index (χ3n) is 4.99. The van der Waals surface area contributed by atoms with Gasteiger partial charge in [0.25, 0.3) is 0 Å². The zero-order valence-electron chi connectivity index (χ0n) is 16.0. The van der Waals surface area contributed by atoms with Crippen LogP contribution in [-0.4, -0.2) is 53.7 Å². The van der Waals surface area contributed by atoms with Gasteiger partial charge in [-0.1, -0.05) is 36.4 Å². The highest BCUT2D eigenvalue weighted by molar-refractivity contribution is 5.86. The van der Waals surface area contributed by atoms with Gasteiger partial charge in [0.1, 0.15) is 0 Å². The van der Waals surface area contributed by atoms with Gasteiger partial charge >= 0.3 is 6.09 Å². The predicted octanol–water partition coefficient (Wildman–Crippen LogP) is 3.97. The average molecular weight is 376 g/mol. The van der Waals surface area contributed by atoms with E-state index in [2.05, 4.69) is 40.2 Å². The molecule has 0 bridgehead atoms. The fourth-order valence-electron chi connectivity index (χ4n) is 3.52. The summed E-state index contributed by atoms with van der Waals surface area (Å²) in [5.41, 5.74) is 1.98. The Morgan fingerprint density at radius 3 is 2.75 bits per heavy atom. The fraction of sp³-hybridized carbons (Fsp3) is 0.318. The summed E-state index contributed by atoms with van der Waals surface area (Å²) in [6.07, 6.45) is 2.43. The van der Waals surface area contributed by atoms with Gasteiger partial charge in [-0.25, -0.2) is 14.8 Å². The van der Waals surface area contributed by atoms with E-state index in [0.29, 0.717) is 32.2 Å². The molecule has 0 spiro atoms. The smallest absolute Gasteiger partial charge is 0.409 e. The number of anilines is 1. The highest BCUT2D eigenvalue weighted by Gasteiger charge is 2.21. The summed E-state index contributed by atoms with van der Waals surface area (Å²) < 4.78 is 5.13. The number of fused-ring (bicyclic) bond motifs is 1. The lowest BCUT2D eigenvalue weighted by molar-refractivity contribution is 0.110. The predicted molar refractivity (Wildman–Crippen MR) is 110 cm³/mol. The van der Waals surface area contributed by atoms with Crippen molar-refractivity contribution in [3.63, 3.8) is 0 Å². The van der Waals surface area contributed by atoms with Crippen LogP contribution in [0.4, 0.5) is 10.7 Å². The molecule has 3 aromatic rings. The molecule has 0 unspecified atom stereocenters. The van der Waals surface area contributed by atoms with Crippen molar-refractivity contribution in [1.82, 2.24) is 14.9 Å². The highest BCUT2D eigenvalue weighted by Crippen LogP contribution is 2.24. The fourth-order valence-corrected chi connectivity index (χ4v) is 3.52. The summed E-state index contributed by atoms with van der Waals surface area (Å²) in [6.45, 7) is 5.04. The van der Waals surface area contributed by atoms with Crippen LogP contribution in [0, 0.1) is 0 Å². The molecule has 0 radical (unpaired) electrons. The van der Waals surface area contributed by atoms with Gasteiger partial charge in [0.05, 0.1) is 12.3 Å². The molecular formula is C22H24N4O2. The van der Waals surface area contributed by atoms with E-state index in [9.17, 15) is 4.79 Å². The standard InChI is InChI=1S/C22H24N4O2/c1-2-28-22(27)26-13-5-12-25(14-15-26)21-23-11-10-20(24-21)19-9-8-17-6-3-4-7-18(17)16-19/h3-4,6-11,16H,2,5,12-15H2,1H3. The molecule has 0 atom stereocenters. The van der Waals surface area contributed by atoms with E-state index in [0.717, 1.165) is 24.2 Å². The van der Waals surface area contributed by atoms with Crippen molar-refractivity contribution in [2.45, 2.75) is 13.3 Å². The van der Waals surface area contributed by atoms with Gasteiger partial charge in [-0.15, -0.1) is 0 Å². The number of rotatable bonds is 3. The minimum absolute atomic E-state index is 0.241. The molecule has 28 heavy (non-hydrogen) atoms. The molecule has 4 rings (SSSR count). The van der Waals surface area contributed by atoms with Crippen LogP contribution in [0.3, 0.4) is 0 Å². The first kappa shape index (κ1) is 18.2. The molecule has 1 fully saturated rings. The molecular weight excluding hydrogens is 352 g/mol. The van der Waals surface area contributed by atoms with Crippen LogP contribution in [0.5, 0.6) is 0 Å². The number of hydrogen-bond acceptors (Lipinski definition) is 5. The Hall–Kier alpha value is -3.15. The maximum absolute atomic E-state index is 12.0. The number of amides is 1. The normalized spacial score (nSPS) is 14.8. The lowest BCUT2D eigenvalue weighted by Crippen LogP contribution is -2.36. The molecule has 6 heteroatoms. The molecule has 144 valence electrons.